The highest BCUT2D eigenvalue weighted by atomic mass is 32.2. The van der Waals surface area contributed by atoms with Crippen LogP contribution in [0.25, 0.3) is 10.9 Å². The van der Waals surface area contributed by atoms with Gasteiger partial charge in [-0.15, -0.1) is 0 Å². The molecule has 1 N–H and O–H groups in total. The lowest BCUT2D eigenvalue weighted by molar-refractivity contribution is 0.632. The van der Waals surface area contributed by atoms with Gasteiger partial charge in [-0.05, 0) is 24.7 Å². The topological polar surface area (TPSA) is 29.9 Å². The molecular formula is C15H21N3S. The minimum Gasteiger partial charge on any atom is -0.308 e. The fourth-order valence-electron chi connectivity index (χ4n) is 2.32. The summed E-state index contributed by atoms with van der Waals surface area (Å²) in [5, 5.41) is 9.67. The molecule has 0 aliphatic heterocycles. The van der Waals surface area contributed by atoms with Crippen LogP contribution in [-0.4, -0.2) is 27.3 Å². The van der Waals surface area contributed by atoms with E-state index in [4.69, 9.17) is 5.10 Å². The van der Waals surface area contributed by atoms with Crippen LogP contribution in [-0.2, 0) is 13.1 Å². The maximum Gasteiger partial charge on any atom is 0.0841 e. The van der Waals surface area contributed by atoms with Crippen LogP contribution in [0.1, 0.15) is 25.5 Å². The second-order valence-electron chi connectivity index (χ2n) is 5.04. The molecule has 0 unspecified atom stereocenters. The number of para-hydroxylation sites is 1. The number of benzene rings is 1. The Morgan fingerprint density at radius 2 is 2.21 bits per heavy atom. The quantitative estimate of drug-likeness (QED) is 0.788. The minimum atomic E-state index is 0.736. The van der Waals surface area contributed by atoms with E-state index in [0.29, 0.717) is 0 Å². The molecule has 102 valence electrons. The van der Waals surface area contributed by atoms with Crippen molar-refractivity contribution in [1.29, 1.82) is 0 Å². The van der Waals surface area contributed by atoms with Crippen LogP contribution in [0.5, 0.6) is 0 Å². The number of nitrogens with zero attached hydrogens (tertiary/aromatic N) is 2. The van der Waals surface area contributed by atoms with Crippen molar-refractivity contribution in [3.8, 4) is 0 Å². The molecule has 1 fully saturated rings. The smallest absolute Gasteiger partial charge is 0.0841 e. The summed E-state index contributed by atoms with van der Waals surface area (Å²) in [4.78, 5) is 0. The van der Waals surface area contributed by atoms with E-state index in [-0.39, 0.29) is 0 Å². The van der Waals surface area contributed by atoms with Gasteiger partial charge in [-0.1, -0.05) is 25.1 Å². The number of thioether (sulfide) groups is 1. The van der Waals surface area contributed by atoms with Crippen molar-refractivity contribution >= 4 is 22.7 Å². The largest absolute Gasteiger partial charge is 0.308 e. The average Bonchev–Trinajstić information content (AvgIpc) is 3.20. The van der Waals surface area contributed by atoms with Gasteiger partial charge in [-0.3, -0.25) is 4.68 Å². The third kappa shape index (κ3) is 3.12. The summed E-state index contributed by atoms with van der Waals surface area (Å²) in [5.41, 5.74) is 2.47. The van der Waals surface area contributed by atoms with Crippen molar-refractivity contribution < 1.29 is 0 Å². The van der Waals surface area contributed by atoms with Gasteiger partial charge in [0.15, 0.2) is 0 Å². The summed E-state index contributed by atoms with van der Waals surface area (Å²) >= 11 is 1.97. The van der Waals surface area contributed by atoms with Gasteiger partial charge in [-0.25, -0.2) is 0 Å². The van der Waals surface area contributed by atoms with Crippen LogP contribution >= 0.6 is 11.8 Å². The van der Waals surface area contributed by atoms with Gasteiger partial charge >= 0.3 is 0 Å². The maximum absolute atomic E-state index is 4.80. The molecule has 3 nitrogen and oxygen atoms in total. The summed E-state index contributed by atoms with van der Waals surface area (Å²) in [6, 6.07) is 9.32. The van der Waals surface area contributed by atoms with E-state index in [1.807, 2.05) is 11.8 Å². The summed E-state index contributed by atoms with van der Waals surface area (Å²) in [7, 11) is 0. The summed E-state index contributed by atoms with van der Waals surface area (Å²) in [5.74, 6) is 2.31. The molecule has 1 aromatic heterocycles. The van der Waals surface area contributed by atoms with Crippen LogP contribution in [0.3, 0.4) is 0 Å². The van der Waals surface area contributed by atoms with E-state index in [1.165, 1.54) is 35.2 Å². The van der Waals surface area contributed by atoms with E-state index in [9.17, 15) is 0 Å². The molecule has 0 radical (unpaired) electrons. The highest BCUT2D eigenvalue weighted by molar-refractivity contribution is 7.99. The molecule has 1 heterocycles. The highest BCUT2D eigenvalue weighted by Crippen LogP contribution is 2.22. The van der Waals surface area contributed by atoms with Crippen molar-refractivity contribution in [3.63, 3.8) is 0 Å². The second kappa shape index (κ2) is 5.97. The van der Waals surface area contributed by atoms with Crippen molar-refractivity contribution in [2.75, 3.05) is 11.5 Å². The molecule has 1 aromatic carbocycles. The molecule has 19 heavy (non-hydrogen) atoms. The summed E-state index contributed by atoms with van der Waals surface area (Å²) in [6.07, 6.45) is 2.65. The summed E-state index contributed by atoms with van der Waals surface area (Å²) < 4.78 is 2.17. The average molecular weight is 275 g/mol. The van der Waals surface area contributed by atoms with E-state index >= 15 is 0 Å². The number of hydrogen-bond acceptors (Lipinski definition) is 3. The molecular weight excluding hydrogens is 254 g/mol. The molecule has 3 rings (SSSR count). The molecule has 0 amide bonds. The van der Waals surface area contributed by atoms with Crippen molar-refractivity contribution in [2.24, 2.45) is 0 Å². The lowest BCUT2D eigenvalue weighted by atomic mass is 10.2. The molecule has 0 atom stereocenters. The second-order valence-corrected chi connectivity index (χ2v) is 6.43. The van der Waals surface area contributed by atoms with E-state index in [0.717, 1.165) is 24.9 Å². The van der Waals surface area contributed by atoms with E-state index < -0.39 is 0 Å². The Hall–Kier alpha value is -1.00. The Kier molecular flexibility index (Phi) is 4.09. The standard InChI is InChI=1S/C15H21N3S/c1-2-19-10-9-18-15-6-4-3-5-13(15)14(17-18)11-16-12-7-8-12/h3-6,12,16H,2,7-11H2,1H3. The normalized spacial score (nSPS) is 15.2. The Morgan fingerprint density at radius 1 is 1.37 bits per heavy atom. The number of fused-ring (bicyclic) bond motifs is 1. The molecule has 0 saturated heterocycles. The predicted octanol–water partition coefficient (Wildman–Crippen LogP) is 3.04. The Bertz CT molecular complexity index is 545. The first-order valence-corrected chi connectivity index (χ1v) is 8.29. The van der Waals surface area contributed by atoms with Gasteiger partial charge in [0.1, 0.15) is 0 Å². The number of aryl methyl sites for hydroxylation is 1. The van der Waals surface area contributed by atoms with Crippen LogP contribution in [0.15, 0.2) is 24.3 Å². The first kappa shape index (κ1) is 13.0. The lowest BCUT2D eigenvalue weighted by Crippen LogP contribution is -2.16. The van der Waals surface area contributed by atoms with E-state index in [1.54, 1.807) is 0 Å². The maximum atomic E-state index is 4.80. The SMILES string of the molecule is CCSCCn1nc(CNC2CC2)c2ccccc21. The van der Waals surface area contributed by atoms with Crippen LogP contribution < -0.4 is 5.32 Å². The lowest BCUT2D eigenvalue weighted by Gasteiger charge is -2.02. The zero-order valence-electron chi connectivity index (χ0n) is 11.4. The molecule has 0 spiro atoms. The van der Waals surface area contributed by atoms with Crippen LogP contribution in [0.2, 0.25) is 0 Å². The number of rotatable bonds is 7. The molecule has 0 bridgehead atoms. The third-order valence-electron chi connectivity index (χ3n) is 3.52. The van der Waals surface area contributed by atoms with Gasteiger partial charge in [-0.2, -0.15) is 16.9 Å². The Labute approximate surface area is 118 Å². The highest BCUT2D eigenvalue weighted by Gasteiger charge is 2.21. The van der Waals surface area contributed by atoms with Gasteiger partial charge in [0.2, 0.25) is 0 Å². The van der Waals surface area contributed by atoms with Crippen molar-refractivity contribution in [2.45, 2.75) is 38.9 Å². The first-order chi connectivity index (χ1) is 9.38. The molecule has 2 aromatic rings. The fourth-order valence-corrected chi connectivity index (χ4v) is 2.91. The Balaban J connectivity index is 1.79. The minimum absolute atomic E-state index is 0.736. The third-order valence-corrected chi connectivity index (χ3v) is 4.40. The molecule has 1 aliphatic rings. The zero-order chi connectivity index (χ0) is 13.1. The number of aromatic nitrogens is 2. The number of hydrogen-bond donors (Lipinski definition) is 1. The van der Waals surface area contributed by atoms with Gasteiger partial charge in [0, 0.05) is 23.7 Å². The predicted molar refractivity (Wildman–Crippen MR) is 82.6 cm³/mol. The van der Waals surface area contributed by atoms with Crippen molar-refractivity contribution in [1.82, 2.24) is 15.1 Å². The Morgan fingerprint density at radius 3 is 3.00 bits per heavy atom. The first-order valence-electron chi connectivity index (χ1n) is 7.14. The van der Waals surface area contributed by atoms with Crippen LogP contribution in [0, 0.1) is 0 Å². The molecule has 1 saturated carbocycles. The fraction of sp³-hybridized carbons (Fsp3) is 0.533. The number of nitrogens with one attached hydrogen (secondary N) is 1. The van der Waals surface area contributed by atoms with Gasteiger partial charge in [0.05, 0.1) is 17.8 Å². The molecule has 1 aliphatic carbocycles. The van der Waals surface area contributed by atoms with Gasteiger partial charge in [0.25, 0.3) is 0 Å². The summed E-state index contributed by atoms with van der Waals surface area (Å²) in [6.45, 7) is 4.11. The zero-order valence-corrected chi connectivity index (χ0v) is 12.2. The van der Waals surface area contributed by atoms with Crippen LogP contribution in [0.4, 0.5) is 0 Å². The monoisotopic (exact) mass is 275 g/mol. The molecule has 4 heteroatoms. The van der Waals surface area contributed by atoms with Gasteiger partial charge < -0.3 is 5.32 Å². The van der Waals surface area contributed by atoms with E-state index in [2.05, 4.69) is 41.2 Å². The van der Waals surface area contributed by atoms with Crippen molar-refractivity contribution in [3.05, 3.63) is 30.0 Å².